The summed E-state index contributed by atoms with van der Waals surface area (Å²) in [6.45, 7) is 0. The molecule has 5 nitrogen and oxygen atoms in total. The quantitative estimate of drug-likeness (QED) is 0.420. The van der Waals surface area contributed by atoms with Gasteiger partial charge in [-0.15, -0.1) is 0 Å². The molecule has 0 amide bonds. The molecule has 0 aliphatic carbocycles. The lowest BCUT2D eigenvalue weighted by Crippen LogP contribution is -2.06. The van der Waals surface area contributed by atoms with Crippen LogP contribution >= 0.6 is 0 Å². The van der Waals surface area contributed by atoms with E-state index in [-0.39, 0.29) is 1.43 Å². The summed E-state index contributed by atoms with van der Waals surface area (Å²) in [5.74, 6) is 0.312. The second kappa shape index (κ2) is 5.79. The first-order chi connectivity index (χ1) is 8.13. The van der Waals surface area contributed by atoms with Crippen molar-refractivity contribution in [1.82, 2.24) is 0 Å². The predicted octanol–water partition coefficient (Wildman–Crippen LogP) is 1.53. The Morgan fingerprint density at radius 3 is 2.71 bits per heavy atom. The van der Waals surface area contributed by atoms with Crippen LogP contribution < -0.4 is 16.8 Å². The summed E-state index contributed by atoms with van der Waals surface area (Å²) in [7, 11) is 5.01. The molecule has 0 fully saturated rings. The summed E-state index contributed by atoms with van der Waals surface area (Å²) in [6.07, 6.45) is 1.65. The van der Waals surface area contributed by atoms with E-state index >= 15 is 0 Å². The van der Waals surface area contributed by atoms with Gasteiger partial charge in [0.2, 0.25) is 0 Å². The Bertz CT molecular complexity index is 457. The molecule has 0 bridgehead atoms. The number of methoxy groups -OCH3 is 1. The fourth-order valence-electron chi connectivity index (χ4n) is 1.48. The van der Waals surface area contributed by atoms with Crippen LogP contribution in [-0.4, -0.2) is 27.4 Å². The molecule has 1 aromatic rings. The highest BCUT2D eigenvalue weighted by molar-refractivity contribution is 6.10. The minimum Gasteiger partial charge on any atom is -0.482 e. The van der Waals surface area contributed by atoms with Crippen molar-refractivity contribution in [3.05, 3.63) is 29.6 Å². The monoisotopic (exact) mass is 236 g/mol. The van der Waals surface area contributed by atoms with Gasteiger partial charge in [0.15, 0.2) is 5.88 Å². The van der Waals surface area contributed by atoms with Gasteiger partial charge < -0.3 is 21.5 Å². The van der Waals surface area contributed by atoms with Crippen molar-refractivity contribution in [2.75, 3.05) is 32.3 Å². The molecule has 94 valence electrons. The number of nitrogens with two attached hydrogens (primary N) is 2. The molecule has 0 aromatic heterocycles. The third-order valence-corrected chi connectivity index (χ3v) is 2.38. The first-order valence-corrected chi connectivity index (χ1v) is 5.17. The highest BCUT2D eigenvalue weighted by Gasteiger charge is 2.07. The molecule has 0 spiro atoms. The van der Waals surface area contributed by atoms with Crippen molar-refractivity contribution < 1.29 is 6.16 Å². The zero-order valence-corrected chi connectivity index (χ0v) is 10.3. The maximum absolute atomic E-state index is 5.90. The normalized spacial score (nSPS) is 12.4. The van der Waals surface area contributed by atoms with E-state index in [0.29, 0.717) is 17.1 Å². The number of benzene rings is 1. The zero-order chi connectivity index (χ0) is 12.8. The van der Waals surface area contributed by atoms with Crippen LogP contribution in [0, 0.1) is 0 Å². The van der Waals surface area contributed by atoms with Crippen LogP contribution in [0.25, 0.3) is 5.57 Å². The van der Waals surface area contributed by atoms with E-state index in [2.05, 4.69) is 10.3 Å². The van der Waals surface area contributed by atoms with Crippen LogP contribution in [0.15, 0.2) is 29.1 Å². The Morgan fingerprint density at radius 2 is 2.24 bits per heavy atom. The number of hydrogen-bond donors (Lipinski definition) is 3. The van der Waals surface area contributed by atoms with E-state index in [9.17, 15) is 0 Å². The Balaban J connectivity index is 0.00000289. The SMILES string of the molecule is CN=C/C(=C(\N)OC)c1ccc(NC)c(N)c1.[HH]. The largest absolute Gasteiger partial charge is 0.482 e. The number of rotatable bonds is 4. The van der Waals surface area contributed by atoms with Gasteiger partial charge in [-0.2, -0.15) is 0 Å². The van der Waals surface area contributed by atoms with Crippen molar-refractivity contribution in [3.63, 3.8) is 0 Å². The molecule has 0 heterocycles. The predicted molar refractivity (Wildman–Crippen MR) is 75.0 cm³/mol. The summed E-state index contributed by atoms with van der Waals surface area (Å²) in [6, 6.07) is 5.62. The van der Waals surface area contributed by atoms with Crippen LogP contribution in [0.1, 0.15) is 6.99 Å². The lowest BCUT2D eigenvalue weighted by atomic mass is 10.1. The Hall–Kier alpha value is -2.17. The number of ether oxygens (including phenoxy) is 1. The van der Waals surface area contributed by atoms with Gasteiger partial charge in [0.25, 0.3) is 0 Å². The van der Waals surface area contributed by atoms with Gasteiger partial charge in [-0.05, 0) is 17.7 Å². The summed E-state index contributed by atoms with van der Waals surface area (Å²) >= 11 is 0. The Kier molecular flexibility index (Phi) is 4.39. The standard InChI is InChI=1S/C12H18N4O.H2/c1-15-7-9(12(14)17-3)8-4-5-11(16-2)10(13)6-8;/h4-7,16H,13-14H2,1-3H3;1H/b12-9-,15-7?;. The molecular weight excluding hydrogens is 216 g/mol. The molecule has 0 radical (unpaired) electrons. The van der Waals surface area contributed by atoms with E-state index in [1.165, 1.54) is 7.11 Å². The maximum atomic E-state index is 5.90. The molecule has 17 heavy (non-hydrogen) atoms. The van der Waals surface area contributed by atoms with E-state index in [1.54, 1.807) is 13.3 Å². The van der Waals surface area contributed by atoms with E-state index in [1.807, 2.05) is 25.2 Å². The average Bonchev–Trinajstić information content (AvgIpc) is 2.35. The number of nitrogens with one attached hydrogen (secondary N) is 1. The van der Waals surface area contributed by atoms with E-state index < -0.39 is 0 Å². The van der Waals surface area contributed by atoms with Crippen molar-refractivity contribution >= 4 is 23.2 Å². The van der Waals surface area contributed by atoms with Gasteiger partial charge in [0, 0.05) is 21.7 Å². The number of aliphatic imine (C=N–C) groups is 1. The Morgan fingerprint density at radius 1 is 1.53 bits per heavy atom. The molecule has 0 saturated heterocycles. The number of hydrogen-bond acceptors (Lipinski definition) is 5. The molecule has 0 aliphatic heterocycles. The van der Waals surface area contributed by atoms with Crippen LogP contribution in [0.3, 0.4) is 0 Å². The van der Waals surface area contributed by atoms with E-state index in [4.69, 9.17) is 16.2 Å². The smallest absolute Gasteiger partial charge is 0.193 e. The van der Waals surface area contributed by atoms with E-state index in [0.717, 1.165) is 11.3 Å². The first-order valence-electron chi connectivity index (χ1n) is 5.17. The van der Waals surface area contributed by atoms with Gasteiger partial charge in [-0.3, -0.25) is 4.99 Å². The highest BCUT2D eigenvalue weighted by Crippen LogP contribution is 2.24. The average molecular weight is 236 g/mol. The van der Waals surface area contributed by atoms with Crippen LogP contribution in [-0.2, 0) is 4.74 Å². The molecule has 0 atom stereocenters. The van der Waals surface area contributed by atoms with Crippen molar-refractivity contribution in [1.29, 1.82) is 0 Å². The molecule has 1 aromatic carbocycles. The van der Waals surface area contributed by atoms with Gasteiger partial charge in [-0.25, -0.2) is 0 Å². The lowest BCUT2D eigenvalue weighted by molar-refractivity contribution is 0.290. The number of nitrogen functional groups attached to an aromatic ring is 1. The number of nitrogens with zero attached hydrogens (tertiary/aromatic N) is 1. The fraction of sp³-hybridized carbons (Fsp3) is 0.250. The lowest BCUT2D eigenvalue weighted by Gasteiger charge is -2.10. The minimum atomic E-state index is 0. The highest BCUT2D eigenvalue weighted by atomic mass is 16.5. The van der Waals surface area contributed by atoms with Crippen LogP contribution in [0.5, 0.6) is 0 Å². The summed E-state index contributed by atoms with van der Waals surface area (Å²) in [5.41, 5.74) is 14.8. The molecule has 5 heteroatoms. The number of allylic oxidation sites excluding steroid dienone is 1. The van der Waals surface area contributed by atoms with Gasteiger partial charge in [0.1, 0.15) is 0 Å². The molecule has 5 N–H and O–H groups in total. The molecule has 1 rings (SSSR count). The minimum absolute atomic E-state index is 0. The second-order valence-corrected chi connectivity index (χ2v) is 3.42. The summed E-state index contributed by atoms with van der Waals surface area (Å²) in [5, 5.41) is 3.00. The van der Waals surface area contributed by atoms with Crippen molar-refractivity contribution in [3.8, 4) is 0 Å². The first kappa shape index (κ1) is 12.9. The third kappa shape index (κ3) is 2.90. The number of anilines is 2. The fourth-order valence-corrected chi connectivity index (χ4v) is 1.48. The molecule has 0 saturated carbocycles. The van der Waals surface area contributed by atoms with Gasteiger partial charge >= 0.3 is 0 Å². The summed E-state index contributed by atoms with van der Waals surface area (Å²) < 4.78 is 5.03. The maximum Gasteiger partial charge on any atom is 0.193 e. The Labute approximate surface area is 103 Å². The summed E-state index contributed by atoms with van der Waals surface area (Å²) in [4.78, 5) is 3.95. The third-order valence-electron chi connectivity index (χ3n) is 2.38. The molecule has 0 aliphatic rings. The zero-order valence-electron chi connectivity index (χ0n) is 10.3. The second-order valence-electron chi connectivity index (χ2n) is 3.42. The van der Waals surface area contributed by atoms with Gasteiger partial charge in [0.05, 0.1) is 24.1 Å². The van der Waals surface area contributed by atoms with Crippen LogP contribution in [0.2, 0.25) is 0 Å². The van der Waals surface area contributed by atoms with Crippen LogP contribution in [0.4, 0.5) is 11.4 Å². The molecular formula is C12H20N4O. The molecule has 0 unspecified atom stereocenters. The topological polar surface area (TPSA) is 85.7 Å². The van der Waals surface area contributed by atoms with Crippen molar-refractivity contribution in [2.24, 2.45) is 10.7 Å². The van der Waals surface area contributed by atoms with Gasteiger partial charge in [-0.1, -0.05) is 6.07 Å². The van der Waals surface area contributed by atoms with Crippen molar-refractivity contribution in [2.45, 2.75) is 0 Å².